The average Bonchev–Trinajstić information content (AvgIpc) is 2.31. The number of alkyl halides is 1. The number of nitrogens with zero attached hydrogens (tertiary/aromatic N) is 2. The molecule has 0 spiro atoms. The topological polar surface area (TPSA) is 28.2 Å². The van der Waals surface area contributed by atoms with Gasteiger partial charge in [0, 0.05) is 31.9 Å². The number of hydrogen-bond donors (Lipinski definition) is 1. The molecule has 0 bridgehead atoms. The molecule has 0 radical (unpaired) electrons. The van der Waals surface area contributed by atoms with Crippen LogP contribution in [0.2, 0.25) is 0 Å². The van der Waals surface area contributed by atoms with Gasteiger partial charge in [0.2, 0.25) is 0 Å². The second-order valence-electron chi connectivity index (χ2n) is 4.16. The monoisotopic (exact) mass is 295 g/mol. The molecule has 1 aliphatic rings. The van der Waals surface area contributed by atoms with Crippen molar-refractivity contribution in [2.45, 2.75) is 13.0 Å². The van der Waals surface area contributed by atoms with Crippen LogP contribution in [-0.4, -0.2) is 42.7 Å². The lowest BCUT2D eigenvalue weighted by molar-refractivity contribution is 0.144. The van der Waals surface area contributed by atoms with E-state index in [2.05, 4.69) is 15.2 Å². The molecule has 2 rings (SSSR count). The summed E-state index contributed by atoms with van der Waals surface area (Å²) in [5.74, 6) is 0. The minimum absolute atomic E-state index is 0. The molecule has 0 amide bonds. The van der Waals surface area contributed by atoms with Crippen molar-refractivity contribution in [3.63, 3.8) is 0 Å². The van der Waals surface area contributed by atoms with E-state index in [4.69, 9.17) is 0 Å². The Morgan fingerprint density at radius 1 is 1.33 bits per heavy atom. The van der Waals surface area contributed by atoms with Gasteiger partial charge in [-0.2, -0.15) is 0 Å². The first-order valence-electron chi connectivity index (χ1n) is 5.75. The number of pyridine rings is 1. The quantitative estimate of drug-likeness (QED) is 0.926. The lowest BCUT2D eigenvalue weighted by Crippen LogP contribution is -2.45. The van der Waals surface area contributed by atoms with Crippen molar-refractivity contribution < 1.29 is 4.39 Å². The molecule has 1 saturated heterocycles. The largest absolute Gasteiger partial charge is 0.314 e. The van der Waals surface area contributed by atoms with Gasteiger partial charge in [-0.05, 0) is 19.1 Å². The third kappa shape index (κ3) is 4.35. The summed E-state index contributed by atoms with van der Waals surface area (Å²) in [6.45, 7) is 5.23. The van der Waals surface area contributed by atoms with Crippen LogP contribution in [0.25, 0.3) is 0 Å². The van der Waals surface area contributed by atoms with E-state index in [1.807, 2.05) is 25.1 Å². The van der Waals surface area contributed by atoms with Crippen molar-refractivity contribution in [2.75, 3.05) is 32.9 Å². The van der Waals surface area contributed by atoms with Gasteiger partial charge in [-0.1, -0.05) is 6.07 Å². The fraction of sp³-hybridized carbons (Fsp3) is 0.583. The highest BCUT2D eigenvalue weighted by Gasteiger charge is 2.22. The molecule has 0 aromatic carbocycles. The van der Waals surface area contributed by atoms with Gasteiger partial charge in [-0.25, -0.2) is 4.39 Å². The van der Waals surface area contributed by atoms with Crippen LogP contribution in [0.15, 0.2) is 18.2 Å². The second-order valence-corrected chi connectivity index (χ2v) is 4.16. The van der Waals surface area contributed by atoms with Crippen molar-refractivity contribution in [2.24, 2.45) is 0 Å². The van der Waals surface area contributed by atoms with E-state index < -0.39 is 0 Å². The summed E-state index contributed by atoms with van der Waals surface area (Å²) in [7, 11) is 0. The molecule has 1 aromatic heterocycles. The SMILES string of the molecule is Cc1cccc([C@@H](CF)N2CCNCC2)n1.Cl.Cl. The summed E-state index contributed by atoms with van der Waals surface area (Å²) in [5, 5.41) is 3.27. The summed E-state index contributed by atoms with van der Waals surface area (Å²) in [6, 6.07) is 5.63. The van der Waals surface area contributed by atoms with Gasteiger partial charge in [0.05, 0.1) is 11.7 Å². The highest BCUT2D eigenvalue weighted by molar-refractivity contribution is 5.85. The van der Waals surface area contributed by atoms with E-state index >= 15 is 0 Å². The summed E-state index contributed by atoms with van der Waals surface area (Å²) in [6.07, 6.45) is 0. The minimum Gasteiger partial charge on any atom is -0.314 e. The molecule has 18 heavy (non-hydrogen) atoms. The van der Waals surface area contributed by atoms with Crippen LogP contribution in [0, 0.1) is 6.92 Å². The van der Waals surface area contributed by atoms with Gasteiger partial charge < -0.3 is 5.32 Å². The van der Waals surface area contributed by atoms with Crippen molar-refractivity contribution in [3.05, 3.63) is 29.6 Å². The zero-order valence-corrected chi connectivity index (χ0v) is 12.1. The third-order valence-electron chi connectivity index (χ3n) is 2.99. The Labute approximate surface area is 120 Å². The number of aryl methyl sites for hydroxylation is 1. The van der Waals surface area contributed by atoms with Crippen LogP contribution in [-0.2, 0) is 0 Å². The molecule has 1 fully saturated rings. The van der Waals surface area contributed by atoms with E-state index in [-0.39, 0.29) is 37.5 Å². The Hall–Kier alpha value is -0.420. The van der Waals surface area contributed by atoms with Crippen LogP contribution in [0.5, 0.6) is 0 Å². The zero-order chi connectivity index (χ0) is 11.4. The molecule has 1 N–H and O–H groups in total. The number of piperazine rings is 1. The molecular formula is C12H20Cl2FN3. The molecule has 1 atom stereocenters. The Kier molecular flexibility index (Phi) is 8.44. The molecule has 104 valence electrons. The molecule has 0 saturated carbocycles. The molecule has 3 nitrogen and oxygen atoms in total. The van der Waals surface area contributed by atoms with Crippen LogP contribution < -0.4 is 5.32 Å². The van der Waals surface area contributed by atoms with Gasteiger partial charge in [0.1, 0.15) is 6.67 Å². The molecular weight excluding hydrogens is 276 g/mol. The standard InChI is InChI=1S/C12H18FN3.2ClH/c1-10-3-2-4-11(15-10)12(9-13)16-7-5-14-6-8-16;;/h2-4,12,14H,5-9H2,1H3;2*1H/t12-;;/m1../s1. The molecule has 1 aromatic rings. The Balaban J connectivity index is 0.00000144. The minimum atomic E-state index is -0.365. The number of aromatic nitrogens is 1. The van der Waals surface area contributed by atoms with E-state index in [1.165, 1.54) is 0 Å². The van der Waals surface area contributed by atoms with Gasteiger partial charge in [0.15, 0.2) is 0 Å². The zero-order valence-electron chi connectivity index (χ0n) is 10.4. The summed E-state index contributed by atoms with van der Waals surface area (Å²) < 4.78 is 13.2. The maximum atomic E-state index is 13.2. The number of halogens is 3. The molecule has 0 aliphatic carbocycles. The lowest BCUT2D eigenvalue weighted by atomic mass is 10.1. The van der Waals surface area contributed by atoms with E-state index in [0.29, 0.717) is 0 Å². The molecule has 1 aliphatic heterocycles. The molecule has 0 unspecified atom stereocenters. The number of nitrogens with one attached hydrogen (secondary N) is 1. The Morgan fingerprint density at radius 3 is 2.56 bits per heavy atom. The first kappa shape index (κ1) is 17.6. The van der Waals surface area contributed by atoms with Crippen LogP contribution in [0.4, 0.5) is 4.39 Å². The second kappa shape index (κ2) is 8.64. The average molecular weight is 296 g/mol. The van der Waals surface area contributed by atoms with Crippen LogP contribution in [0.3, 0.4) is 0 Å². The van der Waals surface area contributed by atoms with Crippen LogP contribution >= 0.6 is 24.8 Å². The van der Waals surface area contributed by atoms with E-state index in [1.54, 1.807) is 0 Å². The third-order valence-corrected chi connectivity index (χ3v) is 2.99. The maximum absolute atomic E-state index is 13.2. The smallest absolute Gasteiger partial charge is 0.111 e. The van der Waals surface area contributed by atoms with Gasteiger partial charge in [0.25, 0.3) is 0 Å². The number of hydrogen-bond acceptors (Lipinski definition) is 3. The van der Waals surface area contributed by atoms with Gasteiger partial charge >= 0.3 is 0 Å². The summed E-state index contributed by atoms with van der Waals surface area (Å²) >= 11 is 0. The predicted octanol–water partition coefficient (Wildman–Crippen LogP) is 2.15. The van der Waals surface area contributed by atoms with Crippen molar-refractivity contribution in [1.82, 2.24) is 15.2 Å². The van der Waals surface area contributed by atoms with E-state index in [0.717, 1.165) is 37.6 Å². The maximum Gasteiger partial charge on any atom is 0.111 e. The lowest BCUT2D eigenvalue weighted by Gasteiger charge is -2.33. The van der Waals surface area contributed by atoms with Gasteiger partial charge in [-0.3, -0.25) is 9.88 Å². The molecule has 6 heteroatoms. The van der Waals surface area contributed by atoms with Crippen molar-refractivity contribution >= 4 is 24.8 Å². The van der Waals surface area contributed by atoms with Crippen molar-refractivity contribution in [1.29, 1.82) is 0 Å². The number of rotatable bonds is 3. The van der Waals surface area contributed by atoms with Crippen LogP contribution in [0.1, 0.15) is 17.4 Å². The van der Waals surface area contributed by atoms with E-state index in [9.17, 15) is 4.39 Å². The highest BCUT2D eigenvalue weighted by Crippen LogP contribution is 2.20. The summed E-state index contributed by atoms with van der Waals surface area (Å²) in [4.78, 5) is 6.58. The predicted molar refractivity (Wildman–Crippen MR) is 76.6 cm³/mol. The normalized spacial score (nSPS) is 17.4. The van der Waals surface area contributed by atoms with Gasteiger partial charge in [-0.15, -0.1) is 24.8 Å². The van der Waals surface area contributed by atoms with Crippen molar-refractivity contribution in [3.8, 4) is 0 Å². The Bertz CT molecular complexity index is 346. The molecule has 2 heterocycles. The Morgan fingerprint density at radius 2 is 2.00 bits per heavy atom. The highest BCUT2D eigenvalue weighted by atomic mass is 35.5. The summed E-state index contributed by atoms with van der Waals surface area (Å²) in [5.41, 5.74) is 1.80. The first-order valence-corrected chi connectivity index (χ1v) is 5.75. The first-order chi connectivity index (χ1) is 7.81. The fourth-order valence-electron chi connectivity index (χ4n) is 2.11. The fourth-order valence-corrected chi connectivity index (χ4v) is 2.11.